The minimum Gasteiger partial charge on any atom is -0.466 e. The summed E-state index contributed by atoms with van der Waals surface area (Å²) in [7, 11) is 0. The molecule has 0 atom stereocenters. The Bertz CT molecular complexity index is 730. The van der Waals surface area contributed by atoms with E-state index >= 15 is 0 Å². The summed E-state index contributed by atoms with van der Waals surface area (Å²) in [6.45, 7) is 3.50. The quantitative estimate of drug-likeness (QED) is 0.856. The van der Waals surface area contributed by atoms with E-state index in [1.807, 2.05) is 30.3 Å². The number of hydrazine groups is 1. The van der Waals surface area contributed by atoms with E-state index in [1.165, 1.54) is 0 Å². The van der Waals surface area contributed by atoms with Gasteiger partial charge in [-0.1, -0.05) is 36.8 Å². The summed E-state index contributed by atoms with van der Waals surface area (Å²) in [4.78, 5) is 24.8. The van der Waals surface area contributed by atoms with Crippen LogP contribution in [0.1, 0.15) is 46.7 Å². The van der Waals surface area contributed by atoms with Crippen LogP contribution >= 0.6 is 0 Å². The second kappa shape index (κ2) is 5.91. The molecule has 5 heteroatoms. The van der Waals surface area contributed by atoms with Crippen molar-refractivity contribution in [2.24, 2.45) is 0 Å². The number of carbonyl (C=O) groups is 2. The Morgan fingerprint density at radius 2 is 1.78 bits per heavy atom. The maximum absolute atomic E-state index is 12.6. The summed E-state index contributed by atoms with van der Waals surface area (Å²) in [6, 6.07) is 11.4. The van der Waals surface area contributed by atoms with Crippen LogP contribution in [0.15, 0.2) is 40.8 Å². The van der Waals surface area contributed by atoms with Crippen LogP contribution in [-0.4, -0.2) is 11.8 Å². The van der Waals surface area contributed by atoms with Crippen LogP contribution in [0.25, 0.3) is 0 Å². The molecule has 2 amide bonds. The zero-order chi connectivity index (χ0) is 16.4. The predicted molar refractivity (Wildman–Crippen MR) is 85.8 cm³/mol. The number of rotatable bonds is 3. The highest BCUT2D eigenvalue weighted by molar-refractivity contribution is 5.97. The highest BCUT2D eigenvalue weighted by Gasteiger charge is 2.45. The lowest BCUT2D eigenvalue weighted by Gasteiger charge is -2.40. The van der Waals surface area contributed by atoms with Crippen molar-refractivity contribution in [1.82, 2.24) is 10.9 Å². The molecule has 1 aliphatic carbocycles. The number of hydrogen-bond acceptors (Lipinski definition) is 3. The Labute approximate surface area is 135 Å². The van der Waals surface area contributed by atoms with Crippen LogP contribution < -0.4 is 10.9 Å². The first kappa shape index (κ1) is 15.3. The minimum absolute atomic E-state index is 0.166. The fourth-order valence-electron chi connectivity index (χ4n) is 3.09. The number of benzene rings is 1. The molecule has 1 heterocycles. The Morgan fingerprint density at radius 1 is 1.09 bits per heavy atom. The van der Waals surface area contributed by atoms with Gasteiger partial charge in [-0.3, -0.25) is 20.4 Å². The molecule has 5 nitrogen and oxygen atoms in total. The summed E-state index contributed by atoms with van der Waals surface area (Å²) >= 11 is 0. The average molecular weight is 312 g/mol. The first-order valence-corrected chi connectivity index (χ1v) is 7.76. The van der Waals surface area contributed by atoms with E-state index in [1.54, 1.807) is 19.9 Å². The maximum atomic E-state index is 12.6. The summed E-state index contributed by atoms with van der Waals surface area (Å²) in [5.41, 5.74) is 5.97. The molecular weight excluding hydrogens is 292 g/mol. The molecular formula is C18H20N2O3. The van der Waals surface area contributed by atoms with Gasteiger partial charge >= 0.3 is 0 Å². The third-order valence-corrected chi connectivity index (χ3v) is 4.54. The molecule has 0 spiro atoms. The summed E-state index contributed by atoms with van der Waals surface area (Å²) in [5.74, 6) is 0.672. The Morgan fingerprint density at radius 3 is 2.30 bits per heavy atom. The van der Waals surface area contributed by atoms with Gasteiger partial charge in [-0.2, -0.15) is 0 Å². The van der Waals surface area contributed by atoms with Crippen molar-refractivity contribution >= 4 is 11.8 Å². The Hall–Kier alpha value is -2.56. The number of furan rings is 1. The van der Waals surface area contributed by atoms with Crippen LogP contribution in [0.4, 0.5) is 0 Å². The molecule has 0 saturated heterocycles. The highest BCUT2D eigenvalue weighted by Crippen LogP contribution is 2.43. The number of carbonyl (C=O) groups excluding carboxylic acids is 2. The molecule has 1 fully saturated rings. The van der Waals surface area contributed by atoms with Gasteiger partial charge in [0.2, 0.25) is 5.91 Å². The highest BCUT2D eigenvalue weighted by atomic mass is 16.3. The molecule has 0 aliphatic heterocycles. The zero-order valence-electron chi connectivity index (χ0n) is 13.3. The minimum atomic E-state index is -0.532. The second-order valence-corrected chi connectivity index (χ2v) is 6.04. The monoisotopic (exact) mass is 312 g/mol. The Balaban J connectivity index is 1.69. The van der Waals surface area contributed by atoms with Gasteiger partial charge in [0.25, 0.3) is 5.91 Å². The molecule has 1 aromatic carbocycles. The maximum Gasteiger partial charge on any atom is 0.273 e. The van der Waals surface area contributed by atoms with E-state index in [9.17, 15) is 9.59 Å². The largest absolute Gasteiger partial charge is 0.466 e. The molecule has 120 valence electrons. The van der Waals surface area contributed by atoms with Gasteiger partial charge in [-0.25, -0.2) is 0 Å². The molecule has 23 heavy (non-hydrogen) atoms. The normalized spacial score (nSPS) is 15.6. The van der Waals surface area contributed by atoms with E-state index in [0.717, 1.165) is 24.8 Å². The molecule has 0 bridgehead atoms. The molecule has 3 rings (SSSR count). The standard InChI is InChI=1S/C18H20N2O3/c1-12-11-15(13(2)23-12)16(21)19-20-17(22)18(9-6-10-18)14-7-4-3-5-8-14/h3-5,7-8,11H,6,9-10H2,1-2H3,(H,19,21)(H,20,22). The van der Waals surface area contributed by atoms with Gasteiger partial charge in [0.1, 0.15) is 11.5 Å². The van der Waals surface area contributed by atoms with Gasteiger partial charge in [-0.15, -0.1) is 0 Å². The average Bonchev–Trinajstić information content (AvgIpc) is 2.83. The molecule has 0 unspecified atom stereocenters. The molecule has 1 aromatic heterocycles. The van der Waals surface area contributed by atoms with E-state index in [0.29, 0.717) is 17.1 Å². The fourth-order valence-corrected chi connectivity index (χ4v) is 3.09. The van der Waals surface area contributed by atoms with Crippen LogP contribution in [0.3, 0.4) is 0 Å². The van der Waals surface area contributed by atoms with Crippen molar-refractivity contribution in [3.63, 3.8) is 0 Å². The second-order valence-electron chi connectivity index (χ2n) is 6.04. The van der Waals surface area contributed by atoms with Crippen LogP contribution in [0, 0.1) is 13.8 Å². The summed E-state index contributed by atoms with van der Waals surface area (Å²) in [5, 5.41) is 0. The smallest absolute Gasteiger partial charge is 0.273 e. The van der Waals surface area contributed by atoms with Gasteiger partial charge in [-0.05, 0) is 38.3 Å². The van der Waals surface area contributed by atoms with Crippen molar-refractivity contribution in [3.05, 3.63) is 59.0 Å². The SMILES string of the molecule is Cc1cc(C(=O)NNC(=O)C2(c3ccccc3)CCC2)c(C)o1. The van der Waals surface area contributed by atoms with Crippen LogP contribution in [0.5, 0.6) is 0 Å². The Kier molecular flexibility index (Phi) is 3.94. The summed E-state index contributed by atoms with van der Waals surface area (Å²) < 4.78 is 5.34. The van der Waals surface area contributed by atoms with E-state index < -0.39 is 5.41 Å². The lowest BCUT2D eigenvalue weighted by atomic mass is 9.64. The van der Waals surface area contributed by atoms with Crippen molar-refractivity contribution < 1.29 is 14.0 Å². The topological polar surface area (TPSA) is 71.3 Å². The van der Waals surface area contributed by atoms with Gasteiger partial charge in [0, 0.05) is 0 Å². The lowest BCUT2D eigenvalue weighted by molar-refractivity contribution is -0.130. The number of aryl methyl sites for hydroxylation is 2. The number of hydrogen-bond donors (Lipinski definition) is 2. The molecule has 1 saturated carbocycles. The zero-order valence-corrected chi connectivity index (χ0v) is 13.3. The van der Waals surface area contributed by atoms with Crippen molar-refractivity contribution in [2.45, 2.75) is 38.5 Å². The van der Waals surface area contributed by atoms with Crippen molar-refractivity contribution in [3.8, 4) is 0 Å². The van der Waals surface area contributed by atoms with Gasteiger partial charge in [0.05, 0.1) is 11.0 Å². The first-order valence-electron chi connectivity index (χ1n) is 7.76. The van der Waals surface area contributed by atoms with Crippen LogP contribution in [-0.2, 0) is 10.2 Å². The predicted octanol–water partition coefficient (Wildman–Crippen LogP) is 2.78. The molecule has 2 aromatic rings. The van der Waals surface area contributed by atoms with E-state index in [-0.39, 0.29) is 11.8 Å². The third kappa shape index (κ3) is 2.74. The number of nitrogens with one attached hydrogen (secondary N) is 2. The summed E-state index contributed by atoms with van der Waals surface area (Å²) in [6.07, 6.45) is 2.60. The number of amides is 2. The first-order chi connectivity index (χ1) is 11.0. The van der Waals surface area contributed by atoms with Gasteiger partial charge in [0.15, 0.2) is 0 Å². The van der Waals surface area contributed by atoms with Crippen LogP contribution in [0.2, 0.25) is 0 Å². The van der Waals surface area contributed by atoms with Crippen molar-refractivity contribution in [1.29, 1.82) is 0 Å². The molecule has 1 aliphatic rings. The van der Waals surface area contributed by atoms with Crippen molar-refractivity contribution in [2.75, 3.05) is 0 Å². The van der Waals surface area contributed by atoms with E-state index in [4.69, 9.17) is 4.42 Å². The van der Waals surface area contributed by atoms with Gasteiger partial charge < -0.3 is 4.42 Å². The fraction of sp³-hybridized carbons (Fsp3) is 0.333. The molecule has 2 N–H and O–H groups in total. The lowest BCUT2D eigenvalue weighted by Crippen LogP contribution is -2.54. The molecule has 0 radical (unpaired) electrons. The third-order valence-electron chi connectivity index (χ3n) is 4.54. The van der Waals surface area contributed by atoms with E-state index in [2.05, 4.69) is 10.9 Å².